The van der Waals surface area contributed by atoms with E-state index in [4.69, 9.17) is 0 Å². The number of carbonyl (C=O) groups excluding carboxylic acids is 1. The molecule has 0 saturated carbocycles. The van der Waals surface area contributed by atoms with Gasteiger partial charge in [-0.15, -0.1) is 0 Å². The minimum absolute atomic E-state index is 0.0305. The molecule has 0 aliphatic rings. The van der Waals surface area contributed by atoms with E-state index >= 15 is 0 Å². The summed E-state index contributed by atoms with van der Waals surface area (Å²) in [6, 6.07) is 12.8. The molecule has 1 heterocycles. The van der Waals surface area contributed by atoms with Crippen molar-refractivity contribution in [3.8, 4) is 0 Å². The van der Waals surface area contributed by atoms with E-state index in [0.717, 1.165) is 35.0 Å². The predicted octanol–water partition coefficient (Wildman–Crippen LogP) is 4.07. The number of likely N-dealkylation sites (N-methyl/N-ethyl adjacent to an activating group) is 1. The van der Waals surface area contributed by atoms with E-state index in [9.17, 15) is 9.18 Å². The van der Waals surface area contributed by atoms with Crippen molar-refractivity contribution in [1.29, 1.82) is 0 Å². The average Bonchev–Trinajstić information content (AvgIpc) is 3.09. The number of aryl methyl sites for hydroxylation is 1. The van der Waals surface area contributed by atoms with Gasteiger partial charge in [0, 0.05) is 42.5 Å². The molecule has 0 fully saturated rings. The Morgan fingerprint density at radius 1 is 1.21 bits per heavy atom. The average molecular weight is 381 g/mol. The third-order valence-corrected chi connectivity index (χ3v) is 5.11. The second-order valence-corrected chi connectivity index (χ2v) is 7.40. The standard InChI is InChI=1S/C23H28FN3O/c1-4-16-7-6-10-19-21(15-26-23(16)19)20(17-8-5-9-18(24)13-17)14-22(28)25-11-12-27(2)3/h5-10,13,15,20,26H,4,11-12,14H2,1-3H3,(H,25,28)/t20-/m1/s1. The molecule has 0 saturated heterocycles. The molecule has 1 amide bonds. The number of rotatable bonds is 8. The van der Waals surface area contributed by atoms with Gasteiger partial charge in [-0.25, -0.2) is 4.39 Å². The van der Waals surface area contributed by atoms with E-state index in [0.29, 0.717) is 6.54 Å². The van der Waals surface area contributed by atoms with E-state index in [-0.39, 0.29) is 24.1 Å². The zero-order chi connectivity index (χ0) is 20.1. The van der Waals surface area contributed by atoms with Gasteiger partial charge in [0.15, 0.2) is 0 Å². The van der Waals surface area contributed by atoms with Crippen molar-refractivity contribution >= 4 is 16.8 Å². The molecule has 3 aromatic rings. The first-order valence-corrected chi connectivity index (χ1v) is 9.75. The monoisotopic (exact) mass is 381 g/mol. The zero-order valence-corrected chi connectivity index (χ0v) is 16.8. The number of fused-ring (bicyclic) bond motifs is 1. The van der Waals surface area contributed by atoms with Crippen LogP contribution in [0.1, 0.15) is 36.0 Å². The van der Waals surface area contributed by atoms with Gasteiger partial charge < -0.3 is 15.2 Å². The van der Waals surface area contributed by atoms with Crippen LogP contribution in [0.3, 0.4) is 0 Å². The minimum atomic E-state index is -0.287. The summed E-state index contributed by atoms with van der Waals surface area (Å²) < 4.78 is 13.9. The van der Waals surface area contributed by atoms with Crippen LogP contribution in [0, 0.1) is 5.82 Å². The van der Waals surface area contributed by atoms with Crippen LogP contribution >= 0.6 is 0 Å². The largest absolute Gasteiger partial charge is 0.361 e. The first-order valence-electron chi connectivity index (χ1n) is 9.75. The maximum Gasteiger partial charge on any atom is 0.220 e. The molecule has 28 heavy (non-hydrogen) atoms. The highest BCUT2D eigenvalue weighted by Gasteiger charge is 2.22. The van der Waals surface area contributed by atoms with Crippen LogP contribution in [0.25, 0.3) is 10.9 Å². The van der Waals surface area contributed by atoms with Gasteiger partial charge in [0.2, 0.25) is 5.91 Å². The summed E-state index contributed by atoms with van der Waals surface area (Å²) in [6.07, 6.45) is 3.17. The molecule has 5 heteroatoms. The van der Waals surface area contributed by atoms with Crippen LogP contribution in [0.5, 0.6) is 0 Å². The fourth-order valence-corrected chi connectivity index (χ4v) is 3.63. The Bertz CT molecular complexity index is 948. The quantitative estimate of drug-likeness (QED) is 0.618. The molecule has 0 unspecified atom stereocenters. The molecule has 0 aliphatic carbocycles. The van der Waals surface area contributed by atoms with Crippen molar-refractivity contribution in [2.75, 3.05) is 27.2 Å². The normalized spacial score (nSPS) is 12.5. The fourth-order valence-electron chi connectivity index (χ4n) is 3.63. The summed E-state index contributed by atoms with van der Waals surface area (Å²) in [6.45, 7) is 3.50. The Labute approximate surface area is 165 Å². The minimum Gasteiger partial charge on any atom is -0.361 e. The molecule has 0 spiro atoms. The first-order chi connectivity index (χ1) is 13.5. The Morgan fingerprint density at radius 2 is 2.00 bits per heavy atom. The van der Waals surface area contributed by atoms with Crippen molar-refractivity contribution in [1.82, 2.24) is 15.2 Å². The molecule has 1 atom stereocenters. The molecule has 1 aromatic heterocycles. The second kappa shape index (κ2) is 9.02. The number of hydrogen-bond acceptors (Lipinski definition) is 2. The van der Waals surface area contributed by atoms with Crippen molar-refractivity contribution in [3.63, 3.8) is 0 Å². The van der Waals surface area contributed by atoms with E-state index < -0.39 is 0 Å². The van der Waals surface area contributed by atoms with Crippen LogP contribution in [0.2, 0.25) is 0 Å². The number of hydrogen-bond donors (Lipinski definition) is 2. The Balaban J connectivity index is 1.94. The number of H-pyrrole nitrogens is 1. The topological polar surface area (TPSA) is 48.1 Å². The van der Waals surface area contributed by atoms with Crippen LogP contribution in [-0.2, 0) is 11.2 Å². The van der Waals surface area contributed by atoms with Gasteiger partial charge in [0.05, 0.1) is 0 Å². The van der Waals surface area contributed by atoms with Gasteiger partial charge in [0.25, 0.3) is 0 Å². The number of benzene rings is 2. The molecular weight excluding hydrogens is 353 g/mol. The lowest BCUT2D eigenvalue weighted by Crippen LogP contribution is -2.32. The molecule has 0 radical (unpaired) electrons. The highest BCUT2D eigenvalue weighted by molar-refractivity contribution is 5.88. The lowest BCUT2D eigenvalue weighted by molar-refractivity contribution is -0.121. The van der Waals surface area contributed by atoms with Gasteiger partial charge in [-0.1, -0.05) is 37.3 Å². The summed E-state index contributed by atoms with van der Waals surface area (Å²) in [5.74, 6) is -0.530. The van der Waals surface area contributed by atoms with E-state index in [2.05, 4.69) is 29.4 Å². The highest BCUT2D eigenvalue weighted by Crippen LogP contribution is 2.34. The lowest BCUT2D eigenvalue weighted by atomic mass is 9.87. The molecule has 3 rings (SSSR count). The SMILES string of the molecule is CCc1cccc2c([C@H](CC(=O)NCCN(C)C)c3cccc(F)c3)c[nH]c12. The molecule has 2 aromatic carbocycles. The van der Waals surface area contributed by atoms with Crippen molar-refractivity contribution in [2.45, 2.75) is 25.7 Å². The summed E-state index contributed by atoms with van der Waals surface area (Å²) >= 11 is 0. The Hall–Kier alpha value is -2.66. The maximum atomic E-state index is 13.9. The maximum absolute atomic E-state index is 13.9. The van der Waals surface area contributed by atoms with Gasteiger partial charge in [0.1, 0.15) is 5.82 Å². The third-order valence-electron chi connectivity index (χ3n) is 5.11. The highest BCUT2D eigenvalue weighted by atomic mass is 19.1. The van der Waals surface area contributed by atoms with Crippen molar-refractivity contribution in [3.05, 3.63) is 71.2 Å². The molecule has 0 bridgehead atoms. The number of amides is 1. The fraction of sp³-hybridized carbons (Fsp3) is 0.348. The molecule has 2 N–H and O–H groups in total. The number of nitrogens with zero attached hydrogens (tertiary/aromatic N) is 1. The number of carbonyl (C=O) groups is 1. The van der Waals surface area contributed by atoms with Crippen LogP contribution < -0.4 is 5.32 Å². The van der Waals surface area contributed by atoms with Crippen LogP contribution in [0.15, 0.2) is 48.7 Å². The van der Waals surface area contributed by atoms with Crippen LogP contribution in [-0.4, -0.2) is 43.0 Å². The predicted molar refractivity (Wildman–Crippen MR) is 112 cm³/mol. The molecular formula is C23H28FN3O. The Morgan fingerprint density at radius 3 is 2.71 bits per heavy atom. The molecule has 148 valence electrons. The number of nitrogens with one attached hydrogen (secondary N) is 2. The molecule has 0 aliphatic heterocycles. The van der Waals surface area contributed by atoms with Gasteiger partial charge in [-0.2, -0.15) is 0 Å². The second-order valence-electron chi connectivity index (χ2n) is 7.40. The van der Waals surface area contributed by atoms with Crippen molar-refractivity contribution < 1.29 is 9.18 Å². The van der Waals surface area contributed by atoms with Crippen molar-refractivity contribution in [2.24, 2.45) is 0 Å². The van der Waals surface area contributed by atoms with E-state index in [1.165, 1.54) is 17.7 Å². The van der Waals surface area contributed by atoms with Crippen LogP contribution in [0.4, 0.5) is 4.39 Å². The number of para-hydroxylation sites is 1. The summed E-state index contributed by atoms with van der Waals surface area (Å²) in [5.41, 5.74) is 4.16. The lowest BCUT2D eigenvalue weighted by Gasteiger charge is -2.18. The number of aromatic nitrogens is 1. The van der Waals surface area contributed by atoms with Gasteiger partial charge in [-0.05, 0) is 49.3 Å². The zero-order valence-electron chi connectivity index (χ0n) is 16.8. The summed E-state index contributed by atoms with van der Waals surface area (Å²) in [7, 11) is 3.94. The van der Waals surface area contributed by atoms with E-state index in [1.54, 1.807) is 6.07 Å². The Kier molecular flexibility index (Phi) is 6.47. The summed E-state index contributed by atoms with van der Waals surface area (Å²) in [4.78, 5) is 18.0. The number of halogens is 1. The number of aromatic amines is 1. The molecule has 4 nitrogen and oxygen atoms in total. The van der Waals surface area contributed by atoms with E-state index in [1.807, 2.05) is 37.3 Å². The third kappa shape index (κ3) is 4.60. The van der Waals surface area contributed by atoms with Gasteiger partial charge in [-0.3, -0.25) is 4.79 Å². The smallest absolute Gasteiger partial charge is 0.220 e. The first kappa shape index (κ1) is 20.1. The van der Waals surface area contributed by atoms with Gasteiger partial charge >= 0.3 is 0 Å². The summed E-state index contributed by atoms with van der Waals surface area (Å²) in [5, 5.41) is 4.07.